The van der Waals surface area contributed by atoms with E-state index < -0.39 is 0 Å². The topological polar surface area (TPSA) is 53.8 Å². The highest BCUT2D eigenvalue weighted by atomic mass is 35.5. The maximum absolute atomic E-state index is 12.9. The van der Waals surface area contributed by atoms with Gasteiger partial charge < -0.3 is 14.7 Å². The SMILES string of the molecule is CC1CC(C)C[NH+](Cc2c([O-])ccc3c2O/C(=C\c2ccc(Cl)cc2Cl)C3=O)C1. The molecule has 0 radical (unpaired) electrons. The number of carbonyl (C=O) groups excluding carboxylic acids is 1. The van der Waals surface area contributed by atoms with Crippen LogP contribution in [0.3, 0.4) is 0 Å². The van der Waals surface area contributed by atoms with Crippen LogP contribution in [0.15, 0.2) is 36.1 Å². The minimum Gasteiger partial charge on any atom is -0.872 e. The Labute approximate surface area is 180 Å². The Balaban J connectivity index is 1.65. The van der Waals surface area contributed by atoms with Crippen LogP contribution in [0.1, 0.15) is 41.8 Å². The average molecular weight is 432 g/mol. The summed E-state index contributed by atoms with van der Waals surface area (Å²) < 4.78 is 5.92. The van der Waals surface area contributed by atoms with Crippen LogP contribution in [0.25, 0.3) is 6.08 Å². The van der Waals surface area contributed by atoms with E-state index in [9.17, 15) is 9.90 Å². The molecule has 2 unspecified atom stereocenters. The molecule has 0 saturated carbocycles. The van der Waals surface area contributed by atoms with E-state index in [1.54, 1.807) is 30.3 Å². The second kappa shape index (κ2) is 8.02. The Kier molecular flexibility index (Phi) is 5.60. The highest BCUT2D eigenvalue weighted by Gasteiger charge is 2.32. The summed E-state index contributed by atoms with van der Waals surface area (Å²) in [7, 11) is 0. The Morgan fingerprint density at radius 1 is 1.17 bits per heavy atom. The van der Waals surface area contributed by atoms with Crippen molar-refractivity contribution < 1.29 is 19.5 Å². The van der Waals surface area contributed by atoms with Gasteiger partial charge in [-0.3, -0.25) is 4.79 Å². The van der Waals surface area contributed by atoms with Crippen molar-refractivity contribution in [3.8, 4) is 11.5 Å². The summed E-state index contributed by atoms with van der Waals surface area (Å²) in [6, 6.07) is 8.09. The number of benzene rings is 2. The third-order valence-electron chi connectivity index (χ3n) is 5.65. The smallest absolute Gasteiger partial charge is 0.231 e. The number of Topliss-reactive ketones (excluding diaryl/α,β-unsaturated/α-hetero) is 1. The predicted molar refractivity (Wildman–Crippen MR) is 113 cm³/mol. The Morgan fingerprint density at radius 2 is 1.90 bits per heavy atom. The van der Waals surface area contributed by atoms with Crippen molar-refractivity contribution >= 4 is 35.1 Å². The number of halogens is 2. The molecule has 0 bridgehead atoms. The van der Waals surface area contributed by atoms with Crippen molar-refractivity contribution in [3.63, 3.8) is 0 Å². The van der Waals surface area contributed by atoms with Crippen molar-refractivity contribution in [2.24, 2.45) is 11.8 Å². The predicted octanol–water partition coefficient (Wildman–Crippen LogP) is 3.74. The zero-order chi connectivity index (χ0) is 20.7. The largest absolute Gasteiger partial charge is 0.872 e. The number of fused-ring (bicyclic) bond motifs is 1. The van der Waals surface area contributed by atoms with Gasteiger partial charge in [0.1, 0.15) is 12.3 Å². The van der Waals surface area contributed by atoms with E-state index >= 15 is 0 Å². The lowest BCUT2D eigenvalue weighted by Gasteiger charge is -2.33. The summed E-state index contributed by atoms with van der Waals surface area (Å²) in [5.74, 6) is 1.49. The van der Waals surface area contributed by atoms with E-state index in [0.717, 1.165) is 13.1 Å². The molecule has 4 nitrogen and oxygen atoms in total. The van der Waals surface area contributed by atoms with Crippen molar-refractivity contribution in [2.45, 2.75) is 26.8 Å². The first-order valence-corrected chi connectivity index (χ1v) is 10.6. The van der Waals surface area contributed by atoms with Gasteiger partial charge >= 0.3 is 0 Å². The monoisotopic (exact) mass is 431 g/mol. The molecule has 0 aromatic heterocycles. The number of quaternary nitrogens is 1. The molecule has 152 valence electrons. The molecule has 0 aliphatic carbocycles. The summed E-state index contributed by atoms with van der Waals surface area (Å²) in [5.41, 5.74) is 1.66. The van der Waals surface area contributed by atoms with E-state index in [2.05, 4.69) is 13.8 Å². The lowest BCUT2D eigenvalue weighted by Crippen LogP contribution is -3.13. The van der Waals surface area contributed by atoms with Crippen LogP contribution in [0.5, 0.6) is 11.5 Å². The summed E-state index contributed by atoms with van der Waals surface area (Å²) in [4.78, 5) is 14.2. The van der Waals surface area contributed by atoms with Gasteiger partial charge in [-0.15, -0.1) is 0 Å². The van der Waals surface area contributed by atoms with E-state index in [1.807, 2.05) is 0 Å². The van der Waals surface area contributed by atoms with Crippen molar-refractivity contribution in [1.29, 1.82) is 0 Å². The molecule has 2 aromatic carbocycles. The minimum absolute atomic E-state index is 0.0827. The normalized spacial score (nSPS) is 25.2. The number of piperidine rings is 1. The van der Waals surface area contributed by atoms with E-state index in [1.165, 1.54) is 17.4 Å². The number of ether oxygens (including phenoxy) is 1. The zero-order valence-corrected chi connectivity index (χ0v) is 17.9. The molecule has 6 heteroatoms. The van der Waals surface area contributed by atoms with Gasteiger partial charge in [0.05, 0.1) is 18.7 Å². The van der Waals surface area contributed by atoms with Gasteiger partial charge in [-0.2, -0.15) is 0 Å². The lowest BCUT2D eigenvalue weighted by atomic mass is 9.91. The van der Waals surface area contributed by atoms with Crippen LogP contribution in [-0.4, -0.2) is 18.9 Å². The molecule has 0 amide bonds. The summed E-state index contributed by atoms with van der Waals surface area (Å²) >= 11 is 12.2. The van der Waals surface area contributed by atoms with E-state index in [0.29, 0.717) is 50.9 Å². The van der Waals surface area contributed by atoms with Crippen LogP contribution in [0.2, 0.25) is 10.0 Å². The molecule has 2 aliphatic rings. The number of hydrogen-bond donors (Lipinski definition) is 1. The third-order valence-corrected chi connectivity index (χ3v) is 6.22. The van der Waals surface area contributed by atoms with Crippen molar-refractivity contribution in [1.82, 2.24) is 0 Å². The molecule has 1 fully saturated rings. The first kappa shape index (κ1) is 20.3. The first-order chi connectivity index (χ1) is 13.8. The van der Waals surface area contributed by atoms with Crippen LogP contribution >= 0.6 is 23.2 Å². The van der Waals surface area contributed by atoms with Gasteiger partial charge in [-0.25, -0.2) is 0 Å². The standard InChI is InChI=1S/C23H23Cl2NO3/c1-13-7-14(2)11-26(10-13)12-18-20(27)6-5-17-22(28)21(29-23(17)18)8-15-3-4-16(24)9-19(15)25/h3-6,8-9,13-14,27H,7,10-12H2,1-2H3/b21-8-. The number of nitrogens with one attached hydrogen (secondary N) is 1. The second-order valence-electron chi connectivity index (χ2n) is 8.31. The van der Waals surface area contributed by atoms with Crippen LogP contribution in [0, 0.1) is 11.8 Å². The number of likely N-dealkylation sites (tertiary alicyclic amines) is 1. The molecular formula is C23H23Cl2NO3. The molecule has 1 N–H and O–H groups in total. The fraction of sp³-hybridized carbons (Fsp3) is 0.348. The van der Waals surface area contributed by atoms with Crippen LogP contribution in [0.4, 0.5) is 0 Å². The minimum atomic E-state index is -0.234. The highest BCUT2D eigenvalue weighted by molar-refractivity contribution is 6.35. The van der Waals surface area contributed by atoms with Gasteiger partial charge in [-0.05, 0) is 36.3 Å². The highest BCUT2D eigenvalue weighted by Crippen LogP contribution is 2.39. The molecule has 4 rings (SSSR count). The average Bonchev–Trinajstić information content (AvgIpc) is 2.95. The lowest BCUT2D eigenvalue weighted by molar-refractivity contribution is -0.925. The maximum atomic E-state index is 12.9. The second-order valence-corrected chi connectivity index (χ2v) is 9.15. The number of hydrogen-bond acceptors (Lipinski definition) is 3. The van der Waals surface area contributed by atoms with Gasteiger partial charge in [0, 0.05) is 27.4 Å². The van der Waals surface area contributed by atoms with E-state index in [-0.39, 0.29) is 17.3 Å². The molecule has 2 atom stereocenters. The molecule has 2 aliphatic heterocycles. The molecule has 2 aromatic rings. The molecular weight excluding hydrogens is 409 g/mol. The quantitative estimate of drug-likeness (QED) is 0.752. The first-order valence-electron chi connectivity index (χ1n) is 9.87. The van der Waals surface area contributed by atoms with E-state index in [4.69, 9.17) is 27.9 Å². The summed E-state index contributed by atoms with van der Waals surface area (Å²) in [6.45, 7) is 7.10. The van der Waals surface area contributed by atoms with Crippen molar-refractivity contribution in [2.75, 3.05) is 13.1 Å². The van der Waals surface area contributed by atoms with Crippen LogP contribution < -0.4 is 14.7 Å². The zero-order valence-electron chi connectivity index (χ0n) is 16.4. The number of allylic oxidation sites excluding steroid dienone is 1. The Bertz CT molecular complexity index is 992. The summed E-state index contributed by atoms with van der Waals surface area (Å²) in [5, 5.41) is 13.6. The number of ketones is 1. The third kappa shape index (κ3) is 4.16. The van der Waals surface area contributed by atoms with Crippen LogP contribution in [-0.2, 0) is 6.54 Å². The Morgan fingerprint density at radius 3 is 2.59 bits per heavy atom. The number of rotatable bonds is 3. The molecule has 29 heavy (non-hydrogen) atoms. The summed E-state index contributed by atoms with van der Waals surface area (Å²) in [6.07, 6.45) is 2.82. The number of carbonyl (C=O) groups is 1. The fourth-order valence-electron chi connectivity index (χ4n) is 4.53. The fourth-order valence-corrected chi connectivity index (χ4v) is 5.00. The van der Waals surface area contributed by atoms with Gasteiger partial charge in [-0.1, -0.05) is 54.9 Å². The Hall–Kier alpha value is -2.01. The molecule has 2 heterocycles. The maximum Gasteiger partial charge on any atom is 0.231 e. The van der Waals surface area contributed by atoms with Gasteiger partial charge in [0.2, 0.25) is 5.78 Å². The van der Waals surface area contributed by atoms with Gasteiger partial charge in [0.25, 0.3) is 0 Å². The molecule has 1 saturated heterocycles. The molecule has 0 spiro atoms. The van der Waals surface area contributed by atoms with Crippen molar-refractivity contribution in [3.05, 3.63) is 62.8 Å². The van der Waals surface area contributed by atoms with Gasteiger partial charge in [0.15, 0.2) is 5.76 Å².